The van der Waals surface area contributed by atoms with Crippen LogP contribution in [0.2, 0.25) is 0 Å². The highest BCUT2D eigenvalue weighted by Gasteiger charge is 2.33. The van der Waals surface area contributed by atoms with E-state index in [1.165, 1.54) is 16.2 Å². The molecule has 0 saturated heterocycles. The van der Waals surface area contributed by atoms with Gasteiger partial charge in [0.05, 0.1) is 5.56 Å². The van der Waals surface area contributed by atoms with Crippen LogP contribution in [0.3, 0.4) is 0 Å². The fraction of sp³-hybridized carbons (Fsp3) is 0.632. The average Bonchev–Trinajstić information content (AvgIpc) is 2.97. The van der Waals surface area contributed by atoms with Crippen molar-refractivity contribution in [3.63, 3.8) is 0 Å². The molecule has 0 bridgehead atoms. The first kappa shape index (κ1) is 17.9. The molecule has 1 aromatic rings. The molecular weight excluding hydrogens is 336 g/mol. The molecule has 6 heteroatoms. The van der Waals surface area contributed by atoms with Crippen molar-refractivity contribution >= 4 is 28.2 Å². The van der Waals surface area contributed by atoms with Crippen LogP contribution in [0.5, 0.6) is 0 Å². The average molecular weight is 359 g/mol. The van der Waals surface area contributed by atoms with Gasteiger partial charge in [-0.15, -0.1) is 11.3 Å². The van der Waals surface area contributed by atoms with E-state index in [1.807, 2.05) is 0 Å². The molecule has 25 heavy (non-hydrogen) atoms. The maximum absolute atomic E-state index is 12.7. The van der Waals surface area contributed by atoms with Crippen LogP contribution in [0, 0.1) is 29.1 Å². The molecule has 1 heterocycles. The number of carbonyl (C=O) groups is 2. The molecule has 1 amide bonds. The number of hydrogen-bond acceptors (Lipinski definition) is 5. The number of nitriles is 1. The lowest BCUT2D eigenvalue weighted by atomic mass is 9.78. The zero-order chi connectivity index (χ0) is 18.0. The molecule has 0 unspecified atom stereocenters. The van der Waals surface area contributed by atoms with Gasteiger partial charge >= 0.3 is 0 Å². The van der Waals surface area contributed by atoms with E-state index >= 15 is 0 Å². The Morgan fingerprint density at radius 1 is 1.28 bits per heavy atom. The Balaban J connectivity index is 1.81. The van der Waals surface area contributed by atoms with Crippen molar-refractivity contribution in [2.24, 2.45) is 17.8 Å². The summed E-state index contributed by atoms with van der Waals surface area (Å²) in [5.41, 5.74) is 1.65. The molecule has 134 valence electrons. The first-order chi connectivity index (χ1) is 12.0. The predicted molar refractivity (Wildman–Crippen MR) is 93.9 cm³/mol. The van der Waals surface area contributed by atoms with Crippen molar-refractivity contribution in [1.29, 1.82) is 5.26 Å². The number of nitrogens with zero attached hydrogens (tertiary/aromatic N) is 1. The van der Waals surface area contributed by atoms with Gasteiger partial charge in [0.1, 0.15) is 11.1 Å². The lowest BCUT2D eigenvalue weighted by molar-refractivity contribution is -0.313. The van der Waals surface area contributed by atoms with Gasteiger partial charge in [-0.1, -0.05) is 26.2 Å². The van der Waals surface area contributed by atoms with Crippen molar-refractivity contribution < 1.29 is 14.7 Å². The van der Waals surface area contributed by atoms with Crippen LogP contribution < -0.4 is 10.4 Å². The number of rotatable bonds is 4. The Bertz CT molecular complexity index is 719. The summed E-state index contributed by atoms with van der Waals surface area (Å²) in [5.74, 6) is -2.07. The fourth-order valence-corrected chi connectivity index (χ4v) is 5.46. The molecule has 1 saturated carbocycles. The zero-order valence-electron chi connectivity index (χ0n) is 14.5. The quantitative estimate of drug-likeness (QED) is 0.894. The maximum Gasteiger partial charge on any atom is 0.228 e. The summed E-state index contributed by atoms with van der Waals surface area (Å²) in [6.45, 7) is 2.18. The second kappa shape index (κ2) is 7.57. The zero-order valence-corrected chi connectivity index (χ0v) is 15.3. The fourth-order valence-electron chi connectivity index (χ4n) is 4.14. The number of carboxylic acid groups (broad SMARTS) is 1. The second-order valence-electron chi connectivity index (χ2n) is 7.14. The molecule has 2 aliphatic rings. The Labute approximate surface area is 152 Å². The van der Waals surface area contributed by atoms with E-state index in [2.05, 4.69) is 18.3 Å². The third kappa shape index (κ3) is 3.57. The minimum atomic E-state index is -1.14. The number of carbonyl (C=O) groups excluding carboxylic acids is 2. The van der Waals surface area contributed by atoms with E-state index < -0.39 is 17.8 Å². The highest BCUT2D eigenvalue weighted by atomic mass is 32.1. The Kier molecular flexibility index (Phi) is 5.43. The van der Waals surface area contributed by atoms with Gasteiger partial charge in [-0.3, -0.25) is 4.79 Å². The molecule has 5 nitrogen and oxygen atoms in total. The number of carboxylic acids is 1. The van der Waals surface area contributed by atoms with E-state index in [4.69, 9.17) is 0 Å². The van der Waals surface area contributed by atoms with Gasteiger partial charge < -0.3 is 15.2 Å². The van der Waals surface area contributed by atoms with E-state index in [1.54, 1.807) is 0 Å². The number of thiophene rings is 1. The number of anilines is 1. The largest absolute Gasteiger partial charge is 0.550 e. The van der Waals surface area contributed by atoms with Gasteiger partial charge in [-0.25, -0.2) is 0 Å². The molecule has 0 aromatic carbocycles. The minimum absolute atomic E-state index is 0.281. The molecule has 0 aliphatic heterocycles. The van der Waals surface area contributed by atoms with Gasteiger partial charge in [0, 0.05) is 22.7 Å². The van der Waals surface area contributed by atoms with Crippen molar-refractivity contribution in [3.05, 3.63) is 16.0 Å². The smallest absolute Gasteiger partial charge is 0.228 e. The number of fused-ring (bicyclic) bond motifs is 1. The Morgan fingerprint density at radius 2 is 2.00 bits per heavy atom. The summed E-state index contributed by atoms with van der Waals surface area (Å²) in [6.07, 6.45) is 6.78. The third-order valence-electron chi connectivity index (χ3n) is 5.70. The number of amides is 1. The summed E-state index contributed by atoms with van der Waals surface area (Å²) in [5, 5.41) is 24.3. The normalized spacial score (nSPS) is 25.7. The summed E-state index contributed by atoms with van der Waals surface area (Å²) < 4.78 is 0. The van der Waals surface area contributed by atoms with Crippen LogP contribution >= 0.6 is 11.3 Å². The SMILES string of the molecule is CC[C@@H]1CCc2c(sc(NC(=O)[C@H]3CCCC[C@@H]3C(=O)[O-])c2C#N)C1. The van der Waals surface area contributed by atoms with Crippen LogP contribution in [-0.4, -0.2) is 11.9 Å². The van der Waals surface area contributed by atoms with Crippen LogP contribution in [0.1, 0.15) is 61.5 Å². The Morgan fingerprint density at radius 3 is 2.64 bits per heavy atom. The van der Waals surface area contributed by atoms with Crippen LogP contribution in [0.4, 0.5) is 5.00 Å². The standard InChI is InChI=1S/C19H24N2O3S/c1-2-11-7-8-12-15(10-20)18(25-16(12)9-11)21-17(22)13-5-3-4-6-14(13)19(23)24/h11,13-14H,2-9H2,1H3,(H,21,22)(H,23,24)/p-1/t11-,13+,14+/m1/s1. The first-order valence-electron chi connectivity index (χ1n) is 9.11. The predicted octanol–water partition coefficient (Wildman–Crippen LogP) is 2.63. The number of hydrogen-bond donors (Lipinski definition) is 1. The molecule has 1 N–H and O–H groups in total. The molecule has 3 atom stereocenters. The van der Waals surface area contributed by atoms with Crippen molar-refractivity contribution in [1.82, 2.24) is 0 Å². The molecule has 1 aromatic heterocycles. The van der Waals surface area contributed by atoms with E-state index in [0.29, 0.717) is 29.3 Å². The van der Waals surface area contributed by atoms with Gasteiger partial charge in [-0.05, 0) is 43.6 Å². The monoisotopic (exact) mass is 359 g/mol. The minimum Gasteiger partial charge on any atom is -0.550 e. The molecule has 0 radical (unpaired) electrons. The summed E-state index contributed by atoms with van der Waals surface area (Å²) in [7, 11) is 0. The van der Waals surface area contributed by atoms with E-state index in [9.17, 15) is 20.0 Å². The van der Waals surface area contributed by atoms with Gasteiger partial charge in [0.15, 0.2) is 0 Å². The van der Waals surface area contributed by atoms with Gasteiger partial charge in [0.2, 0.25) is 5.91 Å². The maximum atomic E-state index is 12.7. The molecular formula is C19H23N2O3S-. The highest BCUT2D eigenvalue weighted by molar-refractivity contribution is 7.16. The summed E-state index contributed by atoms with van der Waals surface area (Å²) >= 11 is 1.49. The highest BCUT2D eigenvalue weighted by Crippen LogP contribution is 2.40. The lowest BCUT2D eigenvalue weighted by Crippen LogP contribution is -2.42. The number of nitrogens with one attached hydrogen (secondary N) is 1. The van der Waals surface area contributed by atoms with E-state index in [-0.39, 0.29) is 5.91 Å². The van der Waals surface area contributed by atoms with Gasteiger partial charge in [0.25, 0.3) is 0 Å². The lowest BCUT2D eigenvalue weighted by Gasteiger charge is -2.31. The van der Waals surface area contributed by atoms with Crippen LogP contribution in [0.15, 0.2) is 0 Å². The van der Waals surface area contributed by atoms with Crippen molar-refractivity contribution in [2.75, 3.05) is 5.32 Å². The Hall–Kier alpha value is -1.87. The molecule has 1 fully saturated rings. The topological polar surface area (TPSA) is 93.0 Å². The van der Waals surface area contributed by atoms with Crippen molar-refractivity contribution in [3.8, 4) is 6.07 Å². The molecule has 2 aliphatic carbocycles. The molecule has 3 rings (SSSR count). The van der Waals surface area contributed by atoms with E-state index in [0.717, 1.165) is 44.1 Å². The molecule has 0 spiro atoms. The van der Waals surface area contributed by atoms with Crippen LogP contribution in [0.25, 0.3) is 0 Å². The van der Waals surface area contributed by atoms with Crippen molar-refractivity contribution in [2.45, 2.75) is 58.3 Å². The number of aliphatic carboxylic acids is 1. The first-order valence-corrected chi connectivity index (χ1v) is 9.93. The second-order valence-corrected chi connectivity index (χ2v) is 8.25. The third-order valence-corrected chi connectivity index (χ3v) is 6.87. The summed E-state index contributed by atoms with van der Waals surface area (Å²) in [6, 6.07) is 2.25. The van der Waals surface area contributed by atoms with Crippen LogP contribution in [-0.2, 0) is 22.4 Å². The summed E-state index contributed by atoms with van der Waals surface area (Å²) in [4.78, 5) is 25.2. The van der Waals surface area contributed by atoms with Gasteiger partial charge in [-0.2, -0.15) is 5.26 Å².